The summed E-state index contributed by atoms with van der Waals surface area (Å²) in [7, 11) is 0. The number of halogens is 1. The van der Waals surface area contributed by atoms with Crippen molar-refractivity contribution in [2.75, 3.05) is 6.54 Å². The number of aliphatic imine (C=N–C) groups is 1. The van der Waals surface area contributed by atoms with Crippen molar-refractivity contribution in [2.24, 2.45) is 16.8 Å². The van der Waals surface area contributed by atoms with Gasteiger partial charge in [0.15, 0.2) is 5.78 Å². The minimum Gasteiger partial charge on any atom is -0.491 e. The highest BCUT2D eigenvalue weighted by Gasteiger charge is 2.27. The summed E-state index contributed by atoms with van der Waals surface area (Å²) in [5, 5.41) is 0. The summed E-state index contributed by atoms with van der Waals surface area (Å²) in [6.07, 6.45) is 13.0. The highest BCUT2D eigenvalue weighted by Crippen LogP contribution is 2.33. The minimum atomic E-state index is -1.37. The van der Waals surface area contributed by atoms with Crippen LogP contribution in [0.15, 0.2) is 94.6 Å². The first-order valence-electron chi connectivity index (χ1n) is 17.4. The smallest absolute Gasteiger partial charge is 0.165 e. The Labute approximate surface area is 287 Å². The second-order valence-corrected chi connectivity index (χ2v) is 14.5. The van der Waals surface area contributed by atoms with Crippen LogP contribution in [0.3, 0.4) is 0 Å². The quantitative estimate of drug-likeness (QED) is 0.0853. The second kappa shape index (κ2) is 19.5. The van der Waals surface area contributed by atoms with Crippen molar-refractivity contribution in [3.05, 3.63) is 101 Å². The van der Waals surface area contributed by atoms with E-state index in [9.17, 15) is 9.18 Å². The predicted molar refractivity (Wildman–Crippen MR) is 204 cm³/mol. The van der Waals surface area contributed by atoms with E-state index in [4.69, 9.17) is 9.73 Å². The van der Waals surface area contributed by atoms with Gasteiger partial charge in [-0.1, -0.05) is 89.3 Å². The molecule has 0 aliphatic heterocycles. The number of benzene rings is 1. The fourth-order valence-corrected chi connectivity index (χ4v) is 5.32. The molecule has 0 N–H and O–H groups in total. The zero-order valence-corrected chi connectivity index (χ0v) is 31.9. The molecular weight excluding hydrogens is 581 g/mol. The van der Waals surface area contributed by atoms with Crippen molar-refractivity contribution in [3.8, 4) is 5.75 Å². The molecule has 0 amide bonds. The van der Waals surface area contributed by atoms with Gasteiger partial charge < -0.3 is 4.74 Å². The number of carbonyl (C=O) groups excluding carboxylic acids is 1. The number of hydrogen-bond acceptors (Lipinski definition) is 3. The maximum atomic E-state index is 14.3. The van der Waals surface area contributed by atoms with Gasteiger partial charge in [-0.15, -0.1) is 0 Å². The van der Waals surface area contributed by atoms with E-state index in [0.717, 1.165) is 41.0 Å². The largest absolute Gasteiger partial charge is 0.491 e. The van der Waals surface area contributed by atoms with Gasteiger partial charge in [0, 0.05) is 24.1 Å². The van der Waals surface area contributed by atoms with Gasteiger partial charge in [-0.05, 0) is 133 Å². The van der Waals surface area contributed by atoms with Gasteiger partial charge in [0.25, 0.3) is 0 Å². The Morgan fingerprint density at radius 1 is 0.979 bits per heavy atom. The molecule has 0 saturated heterocycles. The third kappa shape index (κ3) is 15.0. The highest BCUT2D eigenvalue weighted by molar-refractivity contribution is 6.00. The van der Waals surface area contributed by atoms with Crippen molar-refractivity contribution in [1.29, 1.82) is 0 Å². The molecule has 0 saturated carbocycles. The number of ketones is 1. The molecule has 1 rings (SSSR count). The average Bonchev–Trinajstić information content (AvgIpc) is 2.98. The number of rotatable bonds is 19. The van der Waals surface area contributed by atoms with Crippen LogP contribution in [0.2, 0.25) is 0 Å². The topological polar surface area (TPSA) is 38.7 Å². The lowest BCUT2D eigenvalue weighted by atomic mass is 9.83. The number of Topliss-reactive ketones (excluding diaryl/α,β-unsaturated/α-hetero) is 1. The molecular formula is C43H64FNO2. The first-order valence-corrected chi connectivity index (χ1v) is 17.4. The third-order valence-electron chi connectivity index (χ3n) is 8.65. The second-order valence-electron chi connectivity index (χ2n) is 14.5. The standard InChI is InChI=1S/C43H64FNO2/c1-16-19-38(35(11)31(7)21-18-17-20-30(6)28(2)3)22-34(10)45-27-33(9)39-23-40(25-41(24-39)47-29(4)5)37(13)42(46)36(12)32(8)26-43(14,15)44/h16-17,19-20,22-25,28-29,32-33,37H,6,12,18,21,26-27H2,1-5,7-11,13-15H3. The van der Waals surface area contributed by atoms with E-state index in [-0.39, 0.29) is 30.1 Å². The number of carbonyl (C=O) groups is 1. The van der Waals surface area contributed by atoms with Crippen molar-refractivity contribution in [2.45, 2.75) is 133 Å². The lowest BCUT2D eigenvalue weighted by Crippen LogP contribution is -2.22. The van der Waals surface area contributed by atoms with E-state index in [2.05, 4.69) is 97.2 Å². The number of allylic oxidation sites excluding steroid dienone is 10. The van der Waals surface area contributed by atoms with Gasteiger partial charge in [-0.3, -0.25) is 9.79 Å². The van der Waals surface area contributed by atoms with E-state index >= 15 is 0 Å². The van der Waals surface area contributed by atoms with Crippen LogP contribution < -0.4 is 4.74 Å². The monoisotopic (exact) mass is 645 g/mol. The van der Waals surface area contributed by atoms with E-state index in [1.807, 2.05) is 40.7 Å². The van der Waals surface area contributed by atoms with Crippen molar-refractivity contribution >= 4 is 11.5 Å². The highest BCUT2D eigenvalue weighted by atomic mass is 19.1. The number of hydrogen-bond donors (Lipinski definition) is 0. The molecule has 3 atom stereocenters. The van der Waals surface area contributed by atoms with Crippen LogP contribution in [-0.2, 0) is 4.79 Å². The van der Waals surface area contributed by atoms with E-state index in [0.29, 0.717) is 18.0 Å². The molecule has 4 heteroatoms. The van der Waals surface area contributed by atoms with Crippen molar-refractivity contribution < 1.29 is 13.9 Å². The molecule has 0 radical (unpaired) electrons. The number of alkyl halides is 1. The number of ether oxygens (including phenoxy) is 1. The molecule has 3 unspecified atom stereocenters. The Morgan fingerprint density at radius 2 is 1.60 bits per heavy atom. The van der Waals surface area contributed by atoms with Crippen molar-refractivity contribution in [3.63, 3.8) is 0 Å². The lowest BCUT2D eigenvalue weighted by molar-refractivity contribution is -0.117. The van der Waals surface area contributed by atoms with E-state index < -0.39 is 11.6 Å². The van der Waals surface area contributed by atoms with E-state index in [1.165, 1.54) is 30.6 Å². The van der Waals surface area contributed by atoms with Crippen LogP contribution in [0.4, 0.5) is 4.39 Å². The molecule has 1 aromatic rings. The molecule has 0 aliphatic carbocycles. The first kappa shape index (κ1) is 41.8. The Kier molecular flexibility index (Phi) is 17.3. The molecule has 0 aliphatic rings. The SMILES string of the molecule is C=C(C=CCCC(C)=C(C)C(C=CC)=CC(C)=NCC(C)c1cc(OC(C)C)cc(C(C)C(=O)C(=C)C(C)CC(C)(C)F)c1)C(C)C. The van der Waals surface area contributed by atoms with Crippen LogP contribution in [0.25, 0.3) is 0 Å². The summed E-state index contributed by atoms with van der Waals surface area (Å²) in [4.78, 5) is 18.4. The molecule has 0 fully saturated rings. The summed E-state index contributed by atoms with van der Waals surface area (Å²) in [5.74, 6) is 0.568. The molecule has 0 heterocycles. The first-order chi connectivity index (χ1) is 21.8. The summed E-state index contributed by atoms with van der Waals surface area (Å²) in [6, 6.07) is 6.09. The zero-order valence-electron chi connectivity index (χ0n) is 31.9. The van der Waals surface area contributed by atoms with Gasteiger partial charge in [0.05, 0.1) is 6.10 Å². The summed E-state index contributed by atoms with van der Waals surface area (Å²) < 4.78 is 20.4. The Bertz CT molecular complexity index is 1380. The van der Waals surface area contributed by atoms with Crippen LogP contribution in [0, 0.1) is 11.8 Å². The molecule has 0 aromatic heterocycles. The Morgan fingerprint density at radius 3 is 2.15 bits per heavy atom. The number of nitrogens with zero attached hydrogens (tertiary/aromatic N) is 1. The van der Waals surface area contributed by atoms with Gasteiger partial charge in [0.1, 0.15) is 11.4 Å². The van der Waals surface area contributed by atoms with Gasteiger partial charge in [-0.25, -0.2) is 4.39 Å². The van der Waals surface area contributed by atoms with E-state index in [1.54, 1.807) is 0 Å². The Balaban J connectivity index is 3.26. The molecule has 0 spiro atoms. The fourth-order valence-electron chi connectivity index (χ4n) is 5.32. The summed E-state index contributed by atoms with van der Waals surface area (Å²) in [6.45, 7) is 34.6. The molecule has 3 nitrogen and oxygen atoms in total. The normalized spacial score (nSPS) is 15.7. The predicted octanol–water partition coefficient (Wildman–Crippen LogP) is 12.4. The van der Waals surface area contributed by atoms with Crippen molar-refractivity contribution in [1.82, 2.24) is 0 Å². The van der Waals surface area contributed by atoms with Crippen LogP contribution in [0.1, 0.15) is 132 Å². The van der Waals surface area contributed by atoms with Gasteiger partial charge in [0.2, 0.25) is 0 Å². The van der Waals surface area contributed by atoms with Gasteiger partial charge >= 0.3 is 0 Å². The molecule has 260 valence electrons. The average molecular weight is 646 g/mol. The lowest BCUT2D eigenvalue weighted by Gasteiger charge is -2.24. The molecule has 0 bridgehead atoms. The maximum absolute atomic E-state index is 14.3. The fraction of sp³-hybridized carbons (Fsp3) is 0.535. The summed E-state index contributed by atoms with van der Waals surface area (Å²) in [5.41, 5.74) is 6.96. The Hall–Kier alpha value is -3.27. The minimum absolute atomic E-state index is 0.00750. The summed E-state index contributed by atoms with van der Waals surface area (Å²) >= 11 is 0. The molecule has 47 heavy (non-hydrogen) atoms. The van der Waals surface area contributed by atoms with Crippen LogP contribution in [-0.4, -0.2) is 29.8 Å². The van der Waals surface area contributed by atoms with Crippen LogP contribution >= 0.6 is 0 Å². The molecule has 1 aromatic carbocycles. The van der Waals surface area contributed by atoms with Crippen LogP contribution in [0.5, 0.6) is 5.75 Å². The maximum Gasteiger partial charge on any atom is 0.165 e. The van der Waals surface area contributed by atoms with Gasteiger partial charge in [-0.2, -0.15) is 0 Å². The zero-order chi connectivity index (χ0) is 36.1. The third-order valence-corrected chi connectivity index (χ3v) is 8.65.